The van der Waals surface area contributed by atoms with Gasteiger partial charge in [0.1, 0.15) is 6.10 Å². The molecule has 1 aliphatic heterocycles. The van der Waals surface area contributed by atoms with E-state index in [2.05, 4.69) is 5.16 Å². The van der Waals surface area contributed by atoms with Crippen molar-refractivity contribution in [2.45, 2.75) is 38.7 Å². The Morgan fingerprint density at radius 2 is 2.38 bits per heavy atom. The molecule has 0 radical (unpaired) electrons. The largest absolute Gasteiger partial charge is 0.476 e. The van der Waals surface area contributed by atoms with Crippen LogP contribution in [0.2, 0.25) is 0 Å². The maximum Gasteiger partial charge on any atom is 0.358 e. The fourth-order valence-corrected chi connectivity index (χ4v) is 2.03. The molecule has 5 nitrogen and oxygen atoms in total. The lowest BCUT2D eigenvalue weighted by molar-refractivity contribution is -0.00200. The smallest absolute Gasteiger partial charge is 0.358 e. The Kier molecular flexibility index (Phi) is 3.24. The average molecular weight is 225 g/mol. The van der Waals surface area contributed by atoms with Crippen molar-refractivity contribution in [1.82, 2.24) is 5.16 Å². The Bertz CT molecular complexity index is 379. The molecular weight excluding hydrogens is 210 g/mol. The van der Waals surface area contributed by atoms with E-state index in [0.29, 0.717) is 24.4 Å². The van der Waals surface area contributed by atoms with E-state index in [-0.39, 0.29) is 11.8 Å². The molecule has 2 heterocycles. The van der Waals surface area contributed by atoms with E-state index in [1.54, 1.807) is 0 Å². The molecule has 1 aromatic rings. The highest BCUT2D eigenvalue weighted by Gasteiger charge is 2.27. The highest BCUT2D eigenvalue weighted by atomic mass is 16.5. The molecule has 1 fully saturated rings. The first-order valence-corrected chi connectivity index (χ1v) is 5.57. The molecular formula is C11H15NO4. The number of aromatic carboxylic acids is 1. The molecule has 1 saturated heterocycles. The quantitative estimate of drug-likeness (QED) is 0.853. The molecule has 0 saturated carbocycles. The third kappa shape index (κ3) is 1.95. The van der Waals surface area contributed by atoms with Gasteiger partial charge in [-0.1, -0.05) is 12.1 Å². The Balaban J connectivity index is 2.29. The normalized spacial score (nSPS) is 20.9. The molecule has 0 aliphatic carbocycles. The minimum Gasteiger partial charge on any atom is -0.476 e. The molecule has 0 spiro atoms. The summed E-state index contributed by atoms with van der Waals surface area (Å²) in [6.07, 6.45) is 3.49. The van der Waals surface area contributed by atoms with Gasteiger partial charge in [-0.05, 0) is 25.7 Å². The van der Waals surface area contributed by atoms with Crippen molar-refractivity contribution in [3.05, 3.63) is 17.0 Å². The van der Waals surface area contributed by atoms with Crippen LogP contribution in [0.3, 0.4) is 0 Å². The van der Waals surface area contributed by atoms with Gasteiger partial charge >= 0.3 is 5.97 Å². The highest BCUT2D eigenvalue weighted by molar-refractivity contribution is 5.87. The first kappa shape index (κ1) is 11.1. The summed E-state index contributed by atoms with van der Waals surface area (Å²) in [4.78, 5) is 10.9. The van der Waals surface area contributed by atoms with Crippen LogP contribution < -0.4 is 0 Å². The van der Waals surface area contributed by atoms with Gasteiger partial charge in [-0.3, -0.25) is 0 Å². The number of ether oxygens (including phenoxy) is 1. The monoisotopic (exact) mass is 225 g/mol. The van der Waals surface area contributed by atoms with E-state index in [4.69, 9.17) is 14.4 Å². The van der Waals surface area contributed by atoms with Gasteiger partial charge < -0.3 is 14.4 Å². The molecule has 1 atom stereocenters. The van der Waals surface area contributed by atoms with Crippen LogP contribution in [0.5, 0.6) is 0 Å². The maximum atomic E-state index is 10.9. The lowest BCUT2D eigenvalue weighted by Crippen LogP contribution is -2.12. The number of carboxylic acids is 1. The predicted octanol–water partition coefficient (Wildman–Crippen LogP) is 2.18. The van der Waals surface area contributed by atoms with Gasteiger partial charge in [0.15, 0.2) is 11.5 Å². The summed E-state index contributed by atoms with van der Waals surface area (Å²) in [5, 5.41) is 12.6. The van der Waals surface area contributed by atoms with E-state index in [1.165, 1.54) is 0 Å². The van der Waals surface area contributed by atoms with Gasteiger partial charge in [0, 0.05) is 12.2 Å². The fraction of sp³-hybridized carbons (Fsp3) is 0.636. The number of carbonyl (C=O) groups is 1. The molecule has 1 aliphatic rings. The first-order valence-electron chi connectivity index (χ1n) is 5.57. The van der Waals surface area contributed by atoms with Crippen LogP contribution in [0.4, 0.5) is 0 Å². The summed E-state index contributed by atoms with van der Waals surface area (Å²) in [6.45, 7) is 2.60. The third-order valence-electron chi connectivity index (χ3n) is 2.85. The molecule has 0 bridgehead atoms. The van der Waals surface area contributed by atoms with E-state index in [1.807, 2.05) is 6.92 Å². The van der Waals surface area contributed by atoms with Crippen LogP contribution in [-0.2, 0) is 11.2 Å². The van der Waals surface area contributed by atoms with Crippen LogP contribution in [0.25, 0.3) is 0 Å². The molecule has 0 amide bonds. The molecule has 1 unspecified atom stereocenters. The zero-order valence-electron chi connectivity index (χ0n) is 9.23. The number of rotatable bonds is 3. The SMILES string of the molecule is CCc1c(C(=O)O)noc1C1CCCCO1. The van der Waals surface area contributed by atoms with Crippen molar-refractivity contribution < 1.29 is 19.2 Å². The summed E-state index contributed by atoms with van der Waals surface area (Å²) in [6, 6.07) is 0. The van der Waals surface area contributed by atoms with Gasteiger partial charge in [-0.2, -0.15) is 0 Å². The lowest BCUT2D eigenvalue weighted by Gasteiger charge is -2.20. The van der Waals surface area contributed by atoms with Gasteiger partial charge in [0.2, 0.25) is 0 Å². The number of hydrogen-bond donors (Lipinski definition) is 1. The van der Waals surface area contributed by atoms with Gasteiger partial charge in [-0.25, -0.2) is 4.79 Å². The standard InChI is InChI=1S/C11H15NO4/c1-2-7-9(11(13)14)12-16-10(7)8-5-3-4-6-15-8/h8H,2-6H2,1H3,(H,13,14). The van der Waals surface area contributed by atoms with Crippen molar-refractivity contribution in [2.75, 3.05) is 6.61 Å². The summed E-state index contributed by atoms with van der Waals surface area (Å²) in [5.74, 6) is -0.442. The molecule has 1 N–H and O–H groups in total. The third-order valence-corrected chi connectivity index (χ3v) is 2.85. The summed E-state index contributed by atoms with van der Waals surface area (Å²) in [5.41, 5.74) is 0.686. The zero-order chi connectivity index (χ0) is 11.5. The predicted molar refractivity (Wildman–Crippen MR) is 55.4 cm³/mol. The van der Waals surface area contributed by atoms with E-state index in [9.17, 15) is 4.79 Å². The second-order valence-electron chi connectivity index (χ2n) is 3.89. The number of aromatic nitrogens is 1. The van der Waals surface area contributed by atoms with E-state index in [0.717, 1.165) is 19.3 Å². The first-order chi connectivity index (χ1) is 7.74. The van der Waals surface area contributed by atoms with Gasteiger partial charge in [-0.15, -0.1) is 0 Å². The summed E-state index contributed by atoms with van der Waals surface area (Å²) < 4.78 is 10.7. The number of carboxylic acid groups (broad SMARTS) is 1. The summed E-state index contributed by atoms with van der Waals surface area (Å²) >= 11 is 0. The Morgan fingerprint density at radius 3 is 2.94 bits per heavy atom. The van der Waals surface area contributed by atoms with Crippen LogP contribution in [0.15, 0.2) is 4.52 Å². The van der Waals surface area contributed by atoms with Crippen LogP contribution >= 0.6 is 0 Å². The Hall–Kier alpha value is -1.36. The van der Waals surface area contributed by atoms with Gasteiger partial charge in [0.25, 0.3) is 0 Å². The minimum absolute atomic E-state index is 0.0201. The Labute approximate surface area is 93.4 Å². The van der Waals surface area contributed by atoms with Crippen LogP contribution in [0.1, 0.15) is 54.1 Å². The average Bonchev–Trinajstić information content (AvgIpc) is 2.73. The van der Waals surface area contributed by atoms with Crippen molar-refractivity contribution in [3.8, 4) is 0 Å². The summed E-state index contributed by atoms with van der Waals surface area (Å²) in [7, 11) is 0. The van der Waals surface area contributed by atoms with Crippen molar-refractivity contribution in [2.24, 2.45) is 0 Å². The van der Waals surface area contributed by atoms with Crippen LogP contribution in [0, 0.1) is 0 Å². The second kappa shape index (κ2) is 4.65. The van der Waals surface area contributed by atoms with Gasteiger partial charge in [0.05, 0.1) is 0 Å². The number of nitrogens with zero attached hydrogens (tertiary/aromatic N) is 1. The lowest BCUT2D eigenvalue weighted by atomic mass is 10.0. The molecule has 16 heavy (non-hydrogen) atoms. The van der Waals surface area contributed by atoms with Crippen molar-refractivity contribution >= 4 is 5.97 Å². The van der Waals surface area contributed by atoms with Crippen LogP contribution in [-0.4, -0.2) is 22.8 Å². The Morgan fingerprint density at radius 1 is 1.56 bits per heavy atom. The molecule has 0 aromatic carbocycles. The number of hydrogen-bond acceptors (Lipinski definition) is 4. The molecule has 1 aromatic heterocycles. The van der Waals surface area contributed by atoms with Crippen molar-refractivity contribution in [1.29, 1.82) is 0 Å². The topological polar surface area (TPSA) is 72.6 Å². The van der Waals surface area contributed by atoms with E-state index >= 15 is 0 Å². The highest BCUT2D eigenvalue weighted by Crippen LogP contribution is 2.31. The fourth-order valence-electron chi connectivity index (χ4n) is 2.03. The molecule has 2 rings (SSSR count). The zero-order valence-corrected chi connectivity index (χ0v) is 9.23. The minimum atomic E-state index is -1.04. The van der Waals surface area contributed by atoms with E-state index < -0.39 is 5.97 Å². The second-order valence-corrected chi connectivity index (χ2v) is 3.89. The maximum absolute atomic E-state index is 10.9. The van der Waals surface area contributed by atoms with Crippen molar-refractivity contribution in [3.63, 3.8) is 0 Å². The molecule has 5 heteroatoms. The molecule has 88 valence electrons.